The van der Waals surface area contributed by atoms with Crippen molar-refractivity contribution in [1.29, 1.82) is 5.41 Å². The van der Waals surface area contributed by atoms with Gasteiger partial charge < -0.3 is 5.73 Å². The third-order valence-electron chi connectivity index (χ3n) is 2.97. The highest BCUT2D eigenvalue weighted by molar-refractivity contribution is 8.15. The molecule has 2 aliphatic rings. The van der Waals surface area contributed by atoms with E-state index in [1.54, 1.807) is 0 Å². The molecule has 4 heteroatoms. The molecule has 1 amide bonds. The summed E-state index contributed by atoms with van der Waals surface area (Å²) in [6.45, 7) is 2.23. The Bertz CT molecular complexity index is 335. The Balaban J connectivity index is 2.32. The number of hydrogen-bond donors (Lipinski definition) is 2. The van der Waals surface area contributed by atoms with Crippen molar-refractivity contribution in [2.24, 2.45) is 11.7 Å². The van der Waals surface area contributed by atoms with Gasteiger partial charge >= 0.3 is 0 Å². The molecule has 1 heterocycles. The quantitative estimate of drug-likeness (QED) is 0.691. The number of thioether (sulfide) groups is 1. The van der Waals surface area contributed by atoms with Gasteiger partial charge in [-0.05, 0) is 30.8 Å². The van der Waals surface area contributed by atoms with Crippen LogP contribution in [0, 0.1) is 11.3 Å². The molecule has 2 atom stereocenters. The van der Waals surface area contributed by atoms with Crippen molar-refractivity contribution in [3.63, 3.8) is 0 Å². The van der Waals surface area contributed by atoms with Gasteiger partial charge in [0.05, 0.1) is 5.57 Å². The van der Waals surface area contributed by atoms with Gasteiger partial charge in [0.1, 0.15) is 5.04 Å². The third-order valence-corrected chi connectivity index (χ3v) is 4.17. The SMILES string of the molecule is C[C@@H]1CCC2=C(C(N)=O)C(=N)S[C@H]2C1. The van der Waals surface area contributed by atoms with Gasteiger partial charge in [-0.2, -0.15) is 0 Å². The maximum absolute atomic E-state index is 11.2. The zero-order valence-corrected chi connectivity index (χ0v) is 8.99. The van der Waals surface area contributed by atoms with Crippen LogP contribution < -0.4 is 5.73 Å². The summed E-state index contributed by atoms with van der Waals surface area (Å²) in [4.78, 5) is 11.2. The van der Waals surface area contributed by atoms with Crippen LogP contribution in [0.2, 0.25) is 0 Å². The normalized spacial score (nSPS) is 31.9. The molecule has 0 saturated heterocycles. The van der Waals surface area contributed by atoms with Crippen molar-refractivity contribution in [2.75, 3.05) is 0 Å². The van der Waals surface area contributed by atoms with Gasteiger partial charge in [-0.3, -0.25) is 10.2 Å². The van der Waals surface area contributed by atoms with Crippen molar-refractivity contribution < 1.29 is 4.79 Å². The third kappa shape index (κ3) is 1.47. The van der Waals surface area contributed by atoms with Crippen LogP contribution in [0.4, 0.5) is 0 Å². The van der Waals surface area contributed by atoms with Crippen molar-refractivity contribution in [3.05, 3.63) is 11.1 Å². The highest BCUT2D eigenvalue weighted by Crippen LogP contribution is 2.44. The van der Waals surface area contributed by atoms with Gasteiger partial charge in [-0.1, -0.05) is 18.7 Å². The minimum absolute atomic E-state index is 0.355. The van der Waals surface area contributed by atoms with Crippen LogP contribution in [-0.4, -0.2) is 16.2 Å². The summed E-state index contributed by atoms with van der Waals surface area (Å²) in [5.74, 6) is 0.283. The van der Waals surface area contributed by atoms with Gasteiger partial charge in [-0.25, -0.2) is 0 Å². The number of fused-ring (bicyclic) bond motifs is 1. The van der Waals surface area contributed by atoms with E-state index in [-0.39, 0.29) is 0 Å². The second kappa shape index (κ2) is 3.42. The molecule has 0 unspecified atom stereocenters. The molecule has 0 radical (unpaired) electrons. The number of nitrogens with one attached hydrogen (secondary N) is 1. The molecule has 3 nitrogen and oxygen atoms in total. The van der Waals surface area contributed by atoms with Crippen molar-refractivity contribution in [1.82, 2.24) is 0 Å². The number of carbonyl (C=O) groups excluding carboxylic acids is 1. The zero-order chi connectivity index (χ0) is 10.3. The van der Waals surface area contributed by atoms with Crippen LogP contribution in [0.25, 0.3) is 0 Å². The predicted molar refractivity (Wildman–Crippen MR) is 58.3 cm³/mol. The number of nitrogens with two attached hydrogens (primary N) is 1. The van der Waals surface area contributed by atoms with Gasteiger partial charge in [0, 0.05) is 5.25 Å². The average Bonchev–Trinajstić information content (AvgIpc) is 2.39. The van der Waals surface area contributed by atoms with E-state index in [2.05, 4.69) is 6.92 Å². The molecule has 1 fully saturated rings. The Morgan fingerprint density at radius 2 is 2.36 bits per heavy atom. The molecular weight excluding hydrogens is 196 g/mol. The first kappa shape index (κ1) is 9.77. The molecule has 0 spiro atoms. The van der Waals surface area contributed by atoms with Gasteiger partial charge in [-0.15, -0.1) is 0 Å². The van der Waals surface area contributed by atoms with Crippen LogP contribution in [0.3, 0.4) is 0 Å². The van der Waals surface area contributed by atoms with E-state index in [1.807, 2.05) is 0 Å². The van der Waals surface area contributed by atoms with Crippen molar-refractivity contribution in [3.8, 4) is 0 Å². The van der Waals surface area contributed by atoms with Gasteiger partial charge in [0.25, 0.3) is 5.91 Å². The van der Waals surface area contributed by atoms with Crippen LogP contribution in [0.5, 0.6) is 0 Å². The topological polar surface area (TPSA) is 66.9 Å². The largest absolute Gasteiger partial charge is 0.366 e. The van der Waals surface area contributed by atoms with Gasteiger partial charge in [0.15, 0.2) is 0 Å². The molecule has 1 aliphatic heterocycles. The van der Waals surface area contributed by atoms with E-state index >= 15 is 0 Å². The molecular formula is C10H14N2OS. The first-order valence-corrected chi connectivity index (χ1v) is 5.76. The van der Waals surface area contributed by atoms with Crippen LogP contribution in [0.15, 0.2) is 11.1 Å². The minimum atomic E-state index is -0.422. The van der Waals surface area contributed by atoms with E-state index in [0.29, 0.717) is 21.8 Å². The summed E-state index contributed by atoms with van der Waals surface area (Å²) in [6.07, 6.45) is 3.15. The van der Waals surface area contributed by atoms with Crippen LogP contribution in [-0.2, 0) is 4.79 Å². The lowest BCUT2D eigenvalue weighted by molar-refractivity contribution is -0.114. The zero-order valence-electron chi connectivity index (χ0n) is 8.17. The van der Waals surface area contributed by atoms with E-state index in [9.17, 15) is 4.79 Å². The van der Waals surface area contributed by atoms with Crippen LogP contribution >= 0.6 is 11.8 Å². The highest BCUT2D eigenvalue weighted by atomic mass is 32.2. The number of amides is 1. The predicted octanol–water partition coefficient (Wildman–Crippen LogP) is 1.68. The molecule has 0 bridgehead atoms. The lowest BCUT2D eigenvalue weighted by Gasteiger charge is -2.25. The van der Waals surface area contributed by atoms with E-state index in [4.69, 9.17) is 11.1 Å². The summed E-state index contributed by atoms with van der Waals surface area (Å²) >= 11 is 1.50. The fourth-order valence-corrected chi connectivity index (χ4v) is 3.65. The summed E-state index contributed by atoms with van der Waals surface area (Å²) in [6, 6.07) is 0. The standard InChI is InChI=1S/C10H14N2OS/c1-5-2-3-6-7(4-5)14-10(12)8(6)9(11)13/h5,7,12H,2-4H2,1H3,(H2,11,13)/t5-,7+/m1/s1. The Kier molecular flexibility index (Phi) is 2.39. The molecule has 0 aromatic carbocycles. The van der Waals surface area contributed by atoms with E-state index < -0.39 is 5.91 Å². The average molecular weight is 210 g/mol. The Hall–Kier alpha value is -0.770. The van der Waals surface area contributed by atoms with Crippen molar-refractivity contribution >= 4 is 22.7 Å². The first-order valence-electron chi connectivity index (χ1n) is 4.88. The molecule has 1 aliphatic carbocycles. The smallest absolute Gasteiger partial charge is 0.251 e. The van der Waals surface area contributed by atoms with Gasteiger partial charge in [0.2, 0.25) is 0 Å². The second-order valence-electron chi connectivity index (χ2n) is 4.08. The molecule has 2 rings (SSSR count). The summed E-state index contributed by atoms with van der Waals surface area (Å²) in [5.41, 5.74) is 6.92. The number of carbonyl (C=O) groups is 1. The van der Waals surface area contributed by atoms with Crippen molar-refractivity contribution in [2.45, 2.75) is 31.4 Å². The number of rotatable bonds is 1. The number of hydrogen-bond acceptors (Lipinski definition) is 3. The fraction of sp³-hybridized carbons (Fsp3) is 0.600. The molecule has 0 aromatic rings. The lowest BCUT2D eigenvalue weighted by Crippen LogP contribution is -2.20. The maximum atomic E-state index is 11.2. The monoisotopic (exact) mass is 210 g/mol. The second-order valence-corrected chi connectivity index (χ2v) is 5.29. The Morgan fingerprint density at radius 3 is 3.00 bits per heavy atom. The molecule has 76 valence electrons. The molecule has 14 heavy (non-hydrogen) atoms. The highest BCUT2D eigenvalue weighted by Gasteiger charge is 2.36. The minimum Gasteiger partial charge on any atom is -0.366 e. The summed E-state index contributed by atoms with van der Waals surface area (Å²) in [5, 5.41) is 8.44. The Morgan fingerprint density at radius 1 is 1.64 bits per heavy atom. The molecule has 3 N–H and O–H groups in total. The van der Waals surface area contributed by atoms with E-state index in [1.165, 1.54) is 11.8 Å². The molecule has 1 saturated carbocycles. The fourth-order valence-electron chi connectivity index (χ4n) is 2.21. The lowest BCUT2D eigenvalue weighted by atomic mass is 9.84. The van der Waals surface area contributed by atoms with Crippen LogP contribution in [0.1, 0.15) is 26.2 Å². The molecule has 0 aromatic heterocycles. The summed E-state index contributed by atoms with van der Waals surface area (Å²) in [7, 11) is 0. The summed E-state index contributed by atoms with van der Waals surface area (Å²) < 4.78 is 0. The number of primary amides is 1. The van der Waals surface area contributed by atoms with E-state index in [0.717, 1.165) is 24.8 Å². The Labute approximate surface area is 87.6 Å². The first-order chi connectivity index (χ1) is 6.59. The maximum Gasteiger partial charge on any atom is 0.251 e.